The predicted molar refractivity (Wildman–Crippen MR) is 103 cm³/mol. The second-order valence-electron chi connectivity index (χ2n) is 6.34. The van der Waals surface area contributed by atoms with E-state index >= 15 is 0 Å². The summed E-state index contributed by atoms with van der Waals surface area (Å²) in [7, 11) is 0. The molecule has 132 valence electrons. The second-order valence-corrected chi connectivity index (χ2v) is 7.35. The number of aromatic nitrogens is 3. The summed E-state index contributed by atoms with van der Waals surface area (Å²) in [5, 5.41) is 5.02. The molecule has 0 unspecified atom stereocenters. The Morgan fingerprint density at radius 1 is 1.32 bits per heavy atom. The average Bonchev–Trinajstić information content (AvgIpc) is 3.22. The van der Waals surface area contributed by atoms with Crippen LogP contribution in [0.25, 0.3) is 10.2 Å². The SMILES string of the molecule is CCCCC(=O)N(CCn1cccn1)c1nc2c(C)cc(C)cc2s1. The molecule has 0 fully saturated rings. The van der Waals surface area contributed by atoms with Crippen molar-refractivity contribution in [1.82, 2.24) is 14.8 Å². The molecule has 0 saturated carbocycles. The van der Waals surface area contributed by atoms with Crippen LogP contribution >= 0.6 is 11.3 Å². The Morgan fingerprint density at radius 2 is 2.16 bits per heavy atom. The third-order valence-electron chi connectivity index (χ3n) is 4.21. The molecule has 3 rings (SSSR count). The van der Waals surface area contributed by atoms with Gasteiger partial charge in [-0.1, -0.05) is 30.7 Å². The van der Waals surface area contributed by atoms with E-state index in [1.54, 1.807) is 17.5 Å². The molecular formula is C19H24N4OS. The highest BCUT2D eigenvalue weighted by molar-refractivity contribution is 7.22. The number of unbranched alkanes of at least 4 members (excludes halogenated alkanes) is 1. The van der Waals surface area contributed by atoms with Crippen molar-refractivity contribution in [3.8, 4) is 0 Å². The van der Waals surface area contributed by atoms with E-state index in [0.29, 0.717) is 19.5 Å². The Kier molecular flexibility index (Phi) is 5.48. The van der Waals surface area contributed by atoms with Crippen LogP contribution in [-0.2, 0) is 11.3 Å². The number of rotatable bonds is 7. The van der Waals surface area contributed by atoms with Gasteiger partial charge in [-0.2, -0.15) is 5.10 Å². The molecule has 2 heterocycles. The highest BCUT2D eigenvalue weighted by Gasteiger charge is 2.20. The zero-order valence-electron chi connectivity index (χ0n) is 15.0. The summed E-state index contributed by atoms with van der Waals surface area (Å²) < 4.78 is 2.99. The van der Waals surface area contributed by atoms with E-state index in [1.165, 1.54) is 5.56 Å². The number of hydrogen-bond acceptors (Lipinski definition) is 4. The lowest BCUT2D eigenvalue weighted by atomic mass is 10.1. The van der Waals surface area contributed by atoms with Gasteiger partial charge in [0.05, 0.1) is 16.8 Å². The van der Waals surface area contributed by atoms with Crippen molar-refractivity contribution in [1.29, 1.82) is 0 Å². The number of nitrogens with zero attached hydrogens (tertiary/aromatic N) is 4. The van der Waals surface area contributed by atoms with Gasteiger partial charge in [-0.05, 0) is 43.5 Å². The van der Waals surface area contributed by atoms with Crippen molar-refractivity contribution >= 4 is 32.6 Å². The summed E-state index contributed by atoms with van der Waals surface area (Å²) in [5.74, 6) is 0.141. The molecule has 0 aliphatic rings. The highest BCUT2D eigenvalue weighted by Crippen LogP contribution is 2.32. The largest absolute Gasteiger partial charge is 0.286 e. The van der Waals surface area contributed by atoms with Crippen LogP contribution in [0, 0.1) is 13.8 Å². The maximum absolute atomic E-state index is 12.8. The van der Waals surface area contributed by atoms with E-state index in [-0.39, 0.29) is 5.91 Å². The Balaban J connectivity index is 1.89. The monoisotopic (exact) mass is 356 g/mol. The molecular weight excluding hydrogens is 332 g/mol. The van der Waals surface area contributed by atoms with E-state index < -0.39 is 0 Å². The van der Waals surface area contributed by atoms with Crippen molar-refractivity contribution in [2.24, 2.45) is 0 Å². The van der Waals surface area contributed by atoms with Crippen molar-refractivity contribution in [2.75, 3.05) is 11.4 Å². The van der Waals surface area contributed by atoms with Crippen LogP contribution in [0.1, 0.15) is 37.3 Å². The van der Waals surface area contributed by atoms with E-state index in [9.17, 15) is 4.79 Å². The zero-order valence-corrected chi connectivity index (χ0v) is 15.8. The van der Waals surface area contributed by atoms with Crippen molar-refractivity contribution in [2.45, 2.75) is 46.6 Å². The van der Waals surface area contributed by atoms with Crippen LogP contribution < -0.4 is 4.90 Å². The molecule has 0 saturated heterocycles. The van der Waals surface area contributed by atoms with Crippen LogP contribution in [0.15, 0.2) is 30.6 Å². The van der Waals surface area contributed by atoms with E-state index in [4.69, 9.17) is 4.98 Å². The Bertz CT molecular complexity index is 854. The first-order valence-electron chi connectivity index (χ1n) is 8.74. The van der Waals surface area contributed by atoms with Gasteiger partial charge in [-0.15, -0.1) is 0 Å². The molecule has 0 aliphatic heterocycles. The Morgan fingerprint density at radius 3 is 2.88 bits per heavy atom. The fourth-order valence-electron chi connectivity index (χ4n) is 2.90. The predicted octanol–water partition coefficient (Wildman–Crippen LogP) is 4.33. The average molecular weight is 356 g/mol. The summed E-state index contributed by atoms with van der Waals surface area (Å²) in [6, 6.07) is 6.18. The zero-order chi connectivity index (χ0) is 17.8. The minimum absolute atomic E-state index is 0.141. The summed E-state index contributed by atoms with van der Waals surface area (Å²) in [6.45, 7) is 7.52. The molecule has 25 heavy (non-hydrogen) atoms. The summed E-state index contributed by atoms with van der Waals surface area (Å²) in [5.41, 5.74) is 3.38. The van der Waals surface area contributed by atoms with Gasteiger partial charge in [0, 0.05) is 25.4 Å². The first-order chi connectivity index (χ1) is 12.1. The lowest BCUT2D eigenvalue weighted by Crippen LogP contribution is -2.33. The van der Waals surface area contributed by atoms with Crippen LogP contribution in [0.5, 0.6) is 0 Å². The summed E-state index contributed by atoms with van der Waals surface area (Å²) in [4.78, 5) is 19.4. The Labute approximate surface area is 152 Å². The molecule has 2 aromatic heterocycles. The number of fused-ring (bicyclic) bond motifs is 1. The lowest BCUT2D eigenvalue weighted by molar-refractivity contribution is -0.118. The maximum Gasteiger partial charge on any atom is 0.228 e. The fraction of sp³-hybridized carbons (Fsp3) is 0.421. The van der Waals surface area contributed by atoms with Crippen LogP contribution in [0.4, 0.5) is 5.13 Å². The number of benzene rings is 1. The van der Waals surface area contributed by atoms with E-state index in [1.807, 2.05) is 21.8 Å². The number of aryl methyl sites for hydroxylation is 2. The first-order valence-corrected chi connectivity index (χ1v) is 9.55. The number of carbonyl (C=O) groups excluding carboxylic acids is 1. The third kappa shape index (κ3) is 4.07. The second kappa shape index (κ2) is 7.78. The van der Waals surface area contributed by atoms with Crippen LogP contribution in [0.2, 0.25) is 0 Å². The molecule has 0 atom stereocenters. The quantitative estimate of drug-likeness (QED) is 0.633. The smallest absolute Gasteiger partial charge is 0.228 e. The molecule has 0 aliphatic carbocycles. The topological polar surface area (TPSA) is 51.0 Å². The molecule has 1 amide bonds. The van der Waals surface area contributed by atoms with Crippen molar-refractivity contribution in [3.05, 3.63) is 41.7 Å². The van der Waals surface area contributed by atoms with Crippen LogP contribution in [-0.4, -0.2) is 27.2 Å². The maximum atomic E-state index is 12.8. The highest BCUT2D eigenvalue weighted by atomic mass is 32.1. The number of thiazole rings is 1. The van der Waals surface area contributed by atoms with Gasteiger partial charge in [0.15, 0.2) is 5.13 Å². The molecule has 0 N–H and O–H groups in total. The number of carbonyl (C=O) groups is 1. The minimum Gasteiger partial charge on any atom is -0.286 e. The third-order valence-corrected chi connectivity index (χ3v) is 5.23. The standard InChI is InChI=1S/C19H24N4OS/c1-4-5-7-17(24)23(11-10-22-9-6-8-20-22)19-21-18-15(3)12-14(2)13-16(18)25-19/h6,8-9,12-13H,4-5,7,10-11H2,1-3H3. The van der Waals surface area contributed by atoms with Gasteiger partial charge < -0.3 is 0 Å². The molecule has 5 nitrogen and oxygen atoms in total. The van der Waals surface area contributed by atoms with Gasteiger partial charge >= 0.3 is 0 Å². The molecule has 6 heteroatoms. The minimum atomic E-state index is 0.141. The van der Waals surface area contributed by atoms with Crippen LogP contribution in [0.3, 0.4) is 0 Å². The van der Waals surface area contributed by atoms with Crippen molar-refractivity contribution in [3.63, 3.8) is 0 Å². The molecule has 0 spiro atoms. The number of hydrogen-bond donors (Lipinski definition) is 0. The summed E-state index contributed by atoms with van der Waals surface area (Å²) >= 11 is 1.60. The van der Waals surface area contributed by atoms with Gasteiger partial charge in [-0.3, -0.25) is 14.4 Å². The van der Waals surface area contributed by atoms with Gasteiger partial charge in [0.2, 0.25) is 5.91 Å². The lowest BCUT2D eigenvalue weighted by Gasteiger charge is -2.19. The van der Waals surface area contributed by atoms with Crippen molar-refractivity contribution < 1.29 is 4.79 Å². The Hall–Kier alpha value is -2.21. The molecule has 0 radical (unpaired) electrons. The number of amides is 1. The summed E-state index contributed by atoms with van der Waals surface area (Å²) in [6.07, 6.45) is 6.15. The molecule has 1 aromatic carbocycles. The van der Waals surface area contributed by atoms with Gasteiger partial charge in [0.1, 0.15) is 0 Å². The van der Waals surface area contributed by atoms with Gasteiger partial charge in [-0.25, -0.2) is 4.98 Å². The van der Waals surface area contributed by atoms with E-state index in [2.05, 4.69) is 38.0 Å². The normalized spacial score (nSPS) is 11.2. The molecule has 3 aromatic rings. The van der Waals surface area contributed by atoms with E-state index in [0.717, 1.165) is 33.8 Å². The first kappa shape index (κ1) is 17.6. The number of anilines is 1. The fourth-order valence-corrected chi connectivity index (χ4v) is 4.08. The molecule has 0 bridgehead atoms. The van der Waals surface area contributed by atoms with Gasteiger partial charge in [0.25, 0.3) is 0 Å².